The first-order valence-corrected chi connectivity index (χ1v) is 8.51. The Morgan fingerprint density at radius 3 is 2.88 bits per heavy atom. The Labute approximate surface area is 140 Å². The maximum atomic E-state index is 12.9. The molecule has 6 nitrogen and oxygen atoms in total. The quantitative estimate of drug-likeness (QED) is 0.857. The minimum Gasteiger partial charge on any atom is -0.369 e. The maximum Gasteiger partial charge on any atom is 0.253 e. The molecule has 24 heavy (non-hydrogen) atoms. The van der Waals surface area contributed by atoms with E-state index in [4.69, 9.17) is 5.73 Å². The summed E-state index contributed by atoms with van der Waals surface area (Å²) in [6.07, 6.45) is 3.85. The van der Waals surface area contributed by atoms with Crippen LogP contribution in [0.5, 0.6) is 0 Å². The molecular formula is C18H21N3O3. The Hall–Kier alpha value is -2.37. The van der Waals surface area contributed by atoms with Gasteiger partial charge < -0.3 is 16.0 Å². The molecule has 3 N–H and O–H groups in total. The number of carbonyl (C=O) groups excluding carboxylic acids is 3. The Kier molecular flexibility index (Phi) is 3.37. The van der Waals surface area contributed by atoms with Gasteiger partial charge in [0.2, 0.25) is 11.8 Å². The summed E-state index contributed by atoms with van der Waals surface area (Å²) in [4.78, 5) is 38.1. The van der Waals surface area contributed by atoms with Crippen LogP contribution in [-0.2, 0) is 16.0 Å². The van der Waals surface area contributed by atoms with E-state index < -0.39 is 5.41 Å². The van der Waals surface area contributed by atoms with Crippen molar-refractivity contribution >= 4 is 23.4 Å². The van der Waals surface area contributed by atoms with Crippen molar-refractivity contribution in [2.45, 2.75) is 32.1 Å². The number of likely N-dealkylation sites (tertiary alicyclic amines) is 1. The normalized spacial score (nSPS) is 28.2. The molecule has 4 rings (SSSR count). The number of hydrogen-bond donors (Lipinski definition) is 2. The minimum absolute atomic E-state index is 0.0114. The number of amides is 3. The minimum atomic E-state index is -0.530. The number of anilines is 1. The number of primary amides is 1. The van der Waals surface area contributed by atoms with Crippen molar-refractivity contribution < 1.29 is 14.4 Å². The number of carbonyl (C=O) groups is 3. The second kappa shape index (κ2) is 5.33. The fourth-order valence-corrected chi connectivity index (χ4v) is 4.55. The lowest BCUT2D eigenvalue weighted by molar-refractivity contribution is -0.128. The summed E-state index contributed by atoms with van der Waals surface area (Å²) in [6.45, 7) is 1.04. The number of nitrogens with one attached hydrogen (secondary N) is 1. The summed E-state index contributed by atoms with van der Waals surface area (Å²) in [7, 11) is 0. The Bertz CT molecular complexity index is 745. The number of aryl methyl sites for hydroxylation is 1. The lowest BCUT2D eigenvalue weighted by atomic mass is 9.80. The summed E-state index contributed by atoms with van der Waals surface area (Å²) < 4.78 is 0. The number of nitrogens with two attached hydrogens (primary N) is 1. The van der Waals surface area contributed by atoms with Crippen molar-refractivity contribution in [1.29, 1.82) is 0 Å². The van der Waals surface area contributed by atoms with Crippen LogP contribution in [0, 0.1) is 11.3 Å². The van der Waals surface area contributed by atoms with Gasteiger partial charge in [-0.25, -0.2) is 0 Å². The predicted octanol–water partition coefficient (Wildman–Crippen LogP) is 1.30. The molecule has 2 atom stereocenters. The Morgan fingerprint density at radius 1 is 1.29 bits per heavy atom. The van der Waals surface area contributed by atoms with Gasteiger partial charge in [-0.3, -0.25) is 14.4 Å². The van der Waals surface area contributed by atoms with Gasteiger partial charge in [0.1, 0.15) is 0 Å². The van der Waals surface area contributed by atoms with E-state index in [1.165, 1.54) is 0 Å². The highest BCUT2D eigenvalue weighted by atomic mass is 16.2. The van der Waals surface area contributed by atoms with Crippen molar-refractivity contribution in [2.75, 3.05) is 18.4 Å². The number of hydrogen-bond acceptors (Lipinski definition) is 3. The van der Waals surface area contributed by atoms with Crippen LogP contribution in [0.1, 0.15) is 41.6 Å². The van der Waals surface area contributed by atoms with E-state index in [2.05, 4.69) is 5.32 Å². The standard InChI is InChI=1S/C18H21N3O3/c19-17(24)18-7-1-2-13(18)9-21(10-18)16(23)12-3-5-14-11(8-12)4-6-15(22)20-14/h3,5,8,13H,1-2,4,6-7,9-10H2,(H2,19,24)(H,20,22)/t13-,18-/m0/s1. The molecule has 126 valence electrons. The average molecular weight is 327 g/mol. The zero-order valence-electron chi connectivity index (χ0n) is 13.5. The zero-order chi connectivity index (χ0) is 16.9. The Morgan fingerprint density at radius 2 is 2.12 bits per heavy atom. The molecule has 3 aliphatic rings. The van der Waals surface area contributed by atoms with Crippen LogP contribution in [0.3, 0.4) is 0 Å². The molecule has 0 radical (unpaired) electrons. The van der Waals surface area contributed by atoms with Gasteiger partial charge in [0, 0.05) is 30.8 Å². The number of benzene rings is 1. The lowest BCUT2D eigenvalue weighted by Crippen LogP contribution is -2.41. The van der Waals surface area contributed by atoms with Gasteiger partial charge >= 0.3 is 0 Å². The van der Waals surface area contributed by atoms with E-state index >= 15 is 0 Å². The van der Waals surface area contributed by atoms with Crippen LogP contribution in [0.4, 0.5) is 5.69 Å². The van der Waals surface area contributed by atoms with Crippen molar-refractivity contribution in [1.82, 2.24) is 4.90 Å². The van der Waals surface area contributed by atoms with E-state index in [0.29, 0.717) is 31.5 Å². The highest BCUT2D eigenvalue weighted by molar-refractivity contribution is 5.98. The van der Waals surface area contributed by atoms with Crippen molar-refractivity contribution in [3.05, 3.63) is 29.3 Å². The summed E-state index contributed by atoms with van der Waals surface area (Å²) in [6, 6.07) is 5.40. The monoisotopic (exact) mass is 327 g/mol. The highest BCUT2D eigenvalue weighted by Crippen LogP contribution is 2.48. The molecule has 2 heterocycles. The summed E-state index contributed by atoms with van der Waals surface area (Å²) in [5.41, 5.74) is 7.52. The van der Waals surface area contributed by atoms with E-state index in [9.17, 15) is 14.4 Å². The van der Waals surface area contributed by atoms with Crippen LogP contribution in [0.25, 0.3) is 0 Å². The maximum absolute atomic E-state index is 12.9. The average Bonchev–Trinajstić information content (AvgIpc) is 3.12. The predicted molar refractivity (Wildman–Crippen MR) is 88.3 cm³/mol. The lowest BCUT2D eigenvalue weighted by Gasteiger charge is -2.25. The van der Waals surface area contributed by atoms with Gasteiger partial charge in [-0.15, -0.1) is 0 Å². The number of nitrogens with zero attached hydrogens (tertiary/aromatic N) is 1. The van der Waals surface area contributed by atoms with Gasteiger partial charge in [-0.1, -0.05) is 6.42 Å². The van der Waals surface area contributed by atoms with Crippen molar-refractivity contribution in [3.63, 3.8) is 0 Å². The third-order valence-corrected chi connectivity index (χ3v) is 5.90. The zero-order valence-corrected chi connectivity index (χ0v) is 13.5. The van der Waals surface area contributed by atoms with Crippen LogP contribution in [0.2, 0.25) is 0 Å². The van der Waals surface area contributed by atoms with Gasteiger partial charge in [-0.05, 0) is 48.9 Å². The fourth-order valence-electron chi connectivity index (χ4n) is 4.55. The van der Waals surface area contributed by atoms with Gasteiger partial charge in [-0.2, -0.15) is 0 Å². The molecule has 6 heteroatoms. The first kappa shape index (κ1) is 15.2. The second-order valence-corrected chi connectivity index (χ2v) is 7.22. The third-order valence-electron chi connectivity index (χ3n) is 5.90. The van der Waals surface area contributed by atoms with Crippen molar-refractivity contribution in [3.8, 4) is 0 Å². The molecule has 2 fully saturated rings. The van der Waals surface area contributed by atoms with Gasteiger partial charge in [0.05, 0.1) is 5.41 Å². The first-order valence-electron chi connectivity index (χ1n) is 8.51. The summed E-state index contributed by atoms with van der Waals surface area (Å²) in [5, 5.41) is 2.82. The van der Waals surface area contributed by atoms with Crippen LogP contribution in [0.15, 0.2) is 18.2 Å². The molecule has 1 aromatic rings. The molecule has 0 bridgehead atoms. The molecule has 1 aromatic carbocycles. The van der Waals surface area contributed by atoms with E-state index in [1.807, 2.05) is 6.07 Å². The highest BCUT2D eigenvalue weighted by Gasteiger charge is 2.54. The fraction of sp³-hybridized carbons (Fsp3) is 0.500. The molecule has 1 aliphatic carbocycles. The molecule has 1 saturated carbocycles. The molecule has 0 aromatic heterocycles. The van der Waals surface area contributed by atoms with Crippen LogP contribution < -0.4 is 11.1 Å². The number of rotatable bonds is 2. The molecule has 1 saturated heterocycles. The largest absolute Gasteiger partial charge is 0.369 e. The summed E-state index contributed by atoms with van der Waals surface area (Å²) >= 11 is 0. The van der Waals surface area contributed by atoms with Gasteiger partial charge in [0.15, 0.2) is 0 Å². The summed E-state index contributed by atoms with van der Waals surface area (Å²) in [5.74, 6) is -0.119. The van der Waals surface area contributed by atoms with E-state index in [-0.39, 0.29) is 23.6 Å². The van der Waals surface area contributed by atoms with Crippen LogP contribution >= 0.6 is 0 Å². The second-order valence-electron chi connectivity index (χ2n) is 7.22. The molecular weight excluding hydrogens is 306 g/mol. The molecule has 0 unspecified atom stereocenters. The van der Waals surface area contributed by atoms with Crippen molar-refractivity contribution in [2.24, 2.45) is 17.1 Å². The Balaban J connectivity index is 1.57. The van der Waals surface area contributed by atoms with Crippen LogP contribution in [-0.4, -0.2) is 35.7 Å². The first-order chi connectivity index (χ1) is 11.5. The number of fused-ring (bicyclic) bond motifs is 2. The van der Waals surface area contributed by atoms with E-state index in [1.54, 1.807) is 17.0 Å². The van der Waals surface area contributed by atoms with E-state index in [0.717, 1.165) is 30.5 Å². The molecule has 2 aliphatic heterocycles. The third kappa shape index (κ3) is 2.20. The molecule has 3 amide bonds. The van der Waals surface area contributed by atoms with Gasteiger partial charge in [0.25, 0.3) is 5.91 Å². The SMILES string of the molecule is NC(=O)[C@]12CCC[C@H]1CN(C(=O)c1ccc3c(c1)CCC(=O)N3)C2. The smallest absolute Gasteiger partial charge is 0.253 e. The molecule has 0 spiro atoms. The topological polar surface area (TPSA) is 92.5 Å².